The van der Waals surface area contributed by atoms with Crippen molar-refractivity contribution >= 4 is 0 Å². The summed E-state index contributed by atoms with van der Waals surface area (Å²) in [6, 6.07) is 0. The molecule has 0 amide bonds. The lowest BCUT2D eigenvalue weighted by molar-refractivity contribution is 0.487. The summed E-state index contributed by atoms with van der Waals surface area (Å²) >= 11 is 0. The van der Waals surface area contributed by atoms with Gasteiger partial charge in [-0.05, 0) is 18.9 Å². The van der Waals surface area contributed by atoms with Crippen LogP contribution in [-0.4, -0.2) is 6.54 Å². The van der Waals surface area contributed by atoms with Gasteiger partial charge in [0.1, 0.15) is 0 Å². The van der Waals surface area contributed by atoms with E-state index in [0.29, 0.717) is 0 Å². The fourth-order valence-corrected chi connectivity index (χ4v) is 1.92. The Bertz CT molecular complexity index is 112. The van der Waals surface area contributed by atoms with Crippen LogP contribution in [0.2, 0.25) is 0 Å². The van der Waals surface area contributed by atoms with Gasteiger partial charge in [0.15, 0.2) is 0 Å². The van der Waals surface area contributed by atoms with Gasteiger partial charge in [-0.3, -0.25) is 0 Å². The Hall–Kier alpha value is -0.0400. The Kier molecular flexibility index (Phi) is 12.0. The van der Waals surface area contributed by atoms with Crippen molar-refractivity contribution in [3.63, 3.8) is 0 Å². The molecular formula is C14H31N. The maximum atomic E-state index is 5.58. The molecule has 0 radical (unpaired) electrons. The van der Waals surface area contributed by atoms with Crippen LogP contribution in [0, 0.1) is 5.92 Å². The van der Waals surface area contributed by atoms with Gasteiger partial charge in [0.05, 0.1) is 0 Å². The largest absolute Gasteiger partial charge is 0.330 e. The average molecular weight is 213 g/mol. The maximum absolute atomic E-state index is 5.58. The predicted molar refractivity (Wildman–Crippen MR) is 70.1 cm³/mol. The van der Waals surface area contributed by atoms with Gasteiger partial charge in [0, 0.05) is 0 Å². The van der Waals surface area contributed by atoms with E-state index in [4.69, 9.17) is 5.73 Å². The molecule has 0 spiro atoms. The number of nitrogens with two attached hydrogens (primary N) is 1. The summed E-state index contributed by atoms with van der Waals surface area (Å²) < 4.78 is 0. The molecule has 0 aromatic rings. The summed E-state index contributed by atoms with van der Waals surface area (Å²) in [5.41, 5.74) is 5.58. The Morgan fingerprint density at radius 3 is 1.73 bits per heavy atom. The van der Waals surface area contributed by atoms with E-state index in [1.165, 1.54) is 64.2 Å². The third-order valence-electron chi connectivity index (χ3n) is 3.20. The highest BCUT2D eigenvalue weighted by atomic mass is 14.5. The molecule has 0 aliphatic carbocycles. The van der Waals surface area contributed by atoms with Crippen molar-refractivity contribution in [2.24, 2.45) is 11.7 Å². The summed E-state index contributed by atoms with van der Waals surface area (Å²) in [5, 5.41) is 0. The minimum absolute atomic E-state index is 0.731. The molecule has 0 rings (SSSR count). The van der Waals surface area contributed by atoms with Gasteiger partial charge in [-0.15, -0.1) is 0 Å². The third-order valence-corrected chi connectivity index (χ3v) is 3.20. The van der Waals surface area contributed by atoms with E-state index in [9.17, 15) is 0 Å². The van der Waals surface area contributed by atoms with Crippen LogP contribution in [-0.2, 0) is 0 Å². The minimum Gasteiger partial charge on any atom is -0.330 e. The summed E-state index contributed by atoms with van der Waals surface area (Å²) in [4.78, 5) is 0. The molecule has 0 aromatic carbocycles. The fourth-order valence-electron chi connectivity index (χ4n) is 1.92. The molecule has 0 fully saturated rings. The average Bonchev–Trinajstić information content (AvgIpc) is 2.26. The number of hydrogen-bond acceptors (Lipinski definition) is 1. The summed E-state index contributed by atoms with van der Waals surface area (Å²) in [5.74, 6) is 0.731. The molecule has 0 aliphatic heterocycles. The monoisotopic (exact) mass is 213 g/mol. The van der Waals surface area contributed by atoms with Crippen molar-refractivity contribution in [3.8, 4) is 0 Å². The molecule has 1 atom stereocenters. The first-order chi connectivity index (χ1) is 7.31. The van der Waals surface area contributed by atoms with Crippen molar-refractivity contribution in [2.75, 3.05) is 6.54 Å². The van der Waals surface area contributed by atoms with Gasteiger partial charge in [-0.1, -0.05) is 71.6 Å². The summed E-state index contributed by atoms with van der Waals surface area (Å²) in [7, 11) is 0. The molecule has 1 nitrogen and oxygen atoms in total. The molecule has 92 valence electrons. The maximum Gasteiger partial charge on any atom is -0.00515 e. The van der Waals surface area contributed by atoms with E-state index in [0.717, 1.165) is 12.5 Å². The van der Waals surface area contributed by atoms with Crippen LogP contribution in [0.1, 0.15) is 78.1 Å². The number of unbranched alkanes of at least 4 members (excludes halogenated alkanes) is 8. The highest BCUT2D eigenvalue weighted by Gasteiger charge is 1.98. The normalized spacial score (nSPS) is 13.0. The Morgan fingerprint density at radius 2 is 1.27 bits per heavy atom. The molecule has 0 saturated heterocycles. The lowest BCUT2D eigenvalue weighted by Crippen LogP contribution is -2.10. The minimum atomic E-state index is 0.731. The molecular weight excluding hydrogens is 182 g/mol. The second-order valence-electron chi connectivity index (χ2n) is 4.96. The SMILES string of the molecule is CCCCCCCCCCCC(C)CN. The molecule has 0 bridgehead atoms. The zero-order valence-electron chi connectivity index (χ0n) is 10.9. The first-order valence-electron chi connectivity index (χ1n) is 7.01. The molecule has 2 N–H and O–H groups in total. The second kappa shape index (κ2) is 12.0. The molecule has 0 heterocycles. The van der Waals surface area contributed by atoms with Crippen LogP contribution in [0.15, 0.2) is 0 Å². The van der Waals surface area contributed by atoms with Crippen molar-refractivity contribution in [3.05, 3.63) is 0 Å². The van der Waals surface area contributed by atoms with E-state index in [1.54, 1.807) is 0 Å². The van der Waals surface area contributed by atoms with Crippen molar-refractivity contribution in [1.29, 1.82) is 0 Å². The molecule has 0 aliphatic rings. The zero-order valence-corrected chi connectivity index (χ0v) is 10.9. The highest BCUT2D eigenvalue weighted by Crippen LogP contribution is 2.12. The smallest absolute Gasteiger partial charge is 0.00515 e. The molecule has 15 heavy (non-hydrogen) atoms. The van der Waals surface area contributed by atoms with Crippen LogP contribution in [0.4, 0.5) is 0 Å². The first-order valence-corrected chi connectivity index (χ1v) is 7.01. The molecule has 0 aromatic heterocycles. The topological polar surface area (TPSA) is 26.0 Å². The van der Waals surface area contributed by atoms with Crippen molar-refractivity contribution in [2.45, 2.75) is 78.1 Å². The molecule has 1 unspecified atom stereocenters. The summed E-state index contributed by atoms with van der Waals surface area (Å²) in [6.07, 6.45) is 14.1. The highest BCUT2D eigenvalue weighted by molar-refractivity contribution is 4.54. The van der Waals surface area contributed by atoms with Gasteiger partial charge < -0.3 is 5.73 Å². The van der Waals surface area contributed by atoms with E-state index < -0.39 is 0 Å². The Morgan fingerprint density at radius 1 is 0.800 bits per heavy atom. The van der Waals surface area contributed by atoms with Crippen LogP contribution in [0.5, 0.6) is 0 Å². The van der Waals surface area contributed by atoms with Gasteiger partial charge in [0.2, 0.25) is 0 Å². The van der Waals surface area contributed by atoms with Gasteiger partial charge >= 0.3 is 0 Å². The second-order valence-corrected chi connectivity index (χ2v) is 4.96. The van der Waals surface area contributed by atoms with Gasteiger partial charge in [0.25, 0.3) is 0 Å². The zero-order chi connectivity index (χ0) is 11.4. The fraction of sp³-hybridized carbons (Fsp3) is 1.00. The van der Waals surface area contributed by atoms with Crippen molar-refractivity contribution in [1.82, 2.24) is 0 Å². The van der Waals surface area contributed by atoms with Crippen LogP contribution in [0.25, 0.3) is 0 Å². The summed E-state index contributed by atoms with van der Waals surface area (Å²) in [6.45, 7) is 5.39. The first kappa shape index (κ1) is 15.0. The Balaban J connectivity index is 2.92. The van der Waals surface area contributed by atoms with E-state index >= 15 is 0 Å². The van der Waals surface area contributed by atoms with E-state index in [2.05, 4.69) is 13.8 Å². The van der Waals surface area contributed by atoms with Crippen LogP contribution < -0.4 is 5.73 Å². The third kappa shape index (κ3) is 11.9. The molecule has 0 saturated carbocycles. The van der Waals surface area contributed by atoms with Crippen LogP contribution in [0.3, 0.4) is 0 Å². The molecule has 1 heteroatoms. The quantitative estimate of drug-likeness (QED) is 0.502. The van der Waals surface area contributed by atoms with E-state index in [1.807, 2.05) is 0 Å². The lowest BCUT2D eigenvalue weighted by atomic mass is 10.0. The van der Waals surface area contributed by atoms with Gasteiger partial charge in [-0.2, -0.15) is 0 Å². The van der Waals surface area contributed by atoms with Crippen molar-refractivity contribution < 1.29 is 0 Å². The van der Waals surface area contributed by atoms with Gasteiger partial charge in [-0.25, -0.2) is 0 Å². The van der Waals surface area contributed by atoms with Crippen LogP contribution >= 0.6 is 0 Å². The Labute approximate surface area is 96.8 Å². The predicted octanol–water partition coefficient (Wildman–Crippen LogP) is 4.50. The number of rotatable bonds is 11. The lowest BCUT2D eigenvalue weighted by Gasteiger charge is -2.07. The van der Waals surface area contributed by atoms with E-state index in [-0.39, 0.29) is 0 Å². The standard InChI is InChI=1S/C14H31N/c1-3-4-5-6-7-8-9-10-11-12-14(2)13-15/h14H,3-13,15H2,1-2H3. The number of hydrogen-bond donors (Lipinski definition) is 1.